The van der Waals surface area contributed by atoms with E-state index >= 15 is 0 Å². The monoisotopic (exact) mass is 313 g/mol. The fraction of sp³-hybridized carbons (Fsp3) is 0.533. The SMILES string of the molecule is CCOCC(=O)NS(=O)(=O)c1cc(C(C)(C)C)ccc1C. The Morgan fingerprint density at radius 3 is 2.43 bits per heavy atom. The van der Waals surface area contributed by atoms with E-state index in [1.165, 1.54) is 0 Å². The van der Waals surface area contributed by atoms with Crippen molar-refractivity contribution in [1.29, 1.82) is 0 Å². The van der Waals surface area contributed by atoms with Crippen molar-refractivity contribution < 1.29 is 17.9 Å². The van der Waals surface area contributed by atoms with Gasteiger partial charge in [0, 0.05) is 6.61 Å². The van der Waals surface area contributed by atoms with Gasteiger partial charge in [0.1, 0.15) is 6.61 Å². The van der Waals surface area contributed by atoms with Crippen LogP contribution < -0.4 is 4.72 Å². The molecule has 1 aromatic carbocycles. The average Bonchev–Trinajstić information content (AvgIpc) is 2.34. The van der Waals surface area contributed by atoms with Gasteiger partial charge in [-0.1, -0.05) is 32.9 Å². The Balaban J connectivity index is 3.11. The van der Waals surface area contributed by atoms with Crippen LogP contribution in [0.5, 0.6) is 0 Å². The molecule has 0 atom stereocenters. The Kier molecular flexibility index (Phi) is 5.53. The molecule has 1 amide bonds. The van der Waals surface area contributed by atoms with Crippen LogP contribution in [0, 0.1) is 6.92 Å². The minimum absolute atomic E-state index is 0.125. The molecule has 1 rings (SSSR count). The van der Waals surface area contributed by atoms with E-state index in [1.54, 1.807) is 26.0 Å². The van der Waals surface area contributed by atoms with Crippen molar-refractivity contribution in [3.8, 4) is 0 Å². The Bertz CT molecular complexity index is 615. The van der Waals surface area contributed by atoms with E-state index in [9.17, 15) is 13.2 Å². The number of amides is 1. The van der Waals surface area contributed by atoms with Gasteiger partial charge in [0.2, 0.25) is 0 Å². The highest BCUT2D eigenvalue weighted by Crippen LogP contribution is 2.26. The summed E-state index contributed by atoms with van der Waals surface area (Å²) in [6.07, 6.45) is 0. The van der Waals surface area contributed by atoms with Crippen LogP contribution in [0.25, 0.3) is 0 Å². The van der Waals surface area contributed by atoms with Gasteiger partial charge >= 0.3 is 0 Å². The zero-order valence-corrected chi connectivity index (χ0v) is 14.0. The zero-order valence-electron chi connectivity index (χ0n) is 13.2. The van der Waals surface area contributed by atoms with E-state index in [0.29, 0.717) is 12.2 Å². The molecule has 21 heavy (non-hydrogen) atoms. The molecule has 6 heteroatoms. The fourth-order valence-electron chi connectivity index (χ4n) is 1.79. The van der Waals surface area contributed by atoms with E-state index in [0.717, 1.165) is 5.56 Å². The van der Waals surface area contributed by atoms with Gasteiger partial charge in [-0.15, -0.1) is 0 Å². The summed E-state index contributed by atoms with van der Waals surface area (Å²) < 4.78 is 31.6. The number of rotatable bonds is 5. The average molecular weight is 313 g/mol. The summed E-state index contributed by atoms with van der Waals surface area (Å²) in [5, 5.41) is 0. The molecule has 0 radical (unpaired) electrons. The molecule has 5 nitrogen and oxygen atoms in total. The van der Waals surface area contributed by atoms with Gasteiger partial charge in [-0.3, -0.25) is 4.79 Å². The molecule has 0 heterocycles. The molecule has 0 aliphatic carbocycles. The third-order valence-corrected chi connectivity index (χ3v) is 4.54. The van der Waals surface area contributed by atoms with Crippen LogP contribution >= 0.6 is 0 Å². The first-order valence-electron chi connectivity index (χ1n) is 6.82. The van der Waals surface area contributed by atoms with E-state index in [1.807, 2.05) is 31.6 Å². The molecule has 1 aromatic rings. The number of aryl methyl sites for hydroxylation is 1. The van der Waals surface area contributed by atoms with Crippen LogP contribution in [-0.2, 0) is 25.0 Å². The largest absolute Gasteiger partial charge is 0.372 e. The highest BCUT2D eigenvalue weighted by molar-refractivity contribution is 7.90. The van der Waals surface area contributed by atoms with Gasteiger partial charge in [0.25, 0.3) is 15.9 Å². The van der Waals surface area contributed by atoms with Crippen LogP contribution in [-0.4, -0.2) is 27.5 Å². The van der Waals surface area contributed by atoms with Gasteiger partial charge in [-0.25, -0.2) is 13.1 Å². The smallest absolute Gasteiger partial charge is 0.264 e. The van der Waals surface area contributed by atoms with Crippen LogP contribution in [0.4, 0.5) is 0 Å². The van der Waals surface area contributed by atoms with E-state index < -0.39 is 15.9 Å². The van der Waals surface area contributed by atoms with Crippen molar-refractivity contribution in [3.05, 3.63) is 29.3 Å². The van der Waals surface area contributed by atoms with Gasteiger partial charge in [-0.05, 0) is 36.5 Å². The van der Waals surface area contributed by atoms with Gasteiger partial charge in [-0.2, -0.15) is 0 Å². The maximum atomic E-state index is 12.3. The second-order valence-electron chi connectivity index (χ2n) is 5.90. The summed E-state index contributed by atoms with van der Waals surface area (Å²) in [6, 6.07) is 5.27. The zero-order chi connectivity index (χ0) is 16.3. The van der Waals surface area contributed by atoms with Crippen molar-refractivity contribution in [2.24, 2.45) is 0 Å². The number of hydrogen-bond donors (Lipinski definition) is 1. The van der Waals surface area contributed by atoms with Gasteiger partial charge < -0.3 is 4.74 Å². The molecule has 0 aliphatic rings. The highest BCUT2D eigenvalue weighted by Gasteiger charge is 2.23. The predicted octanol–water partition coefficient (Wildman–Crippen LogP) is 2.13. The lowest BCUT2D eigenvalue weighted by atomic mass is 9.87. The predicted molar refractivity (Wildman–Crippen MR) is 81.7 cm³/mol. The van der Waals surface area contributed by atoms with Crippen LogP contribution in [0.1, 0.15) is 38.8 Å². The summed E-state index contributed by atoms with van der Waals surface area (Å²) >= 11 is 0. The number of hydrogen-bond acceptors (Lipinski definition) is 4. The van der Waals surface area contributed by atoms with E-state index in [-0.39, 0.29) is 16.9 Å². The molecule has 1 N–H and O–H groups in total. The highest BCUT2D eigenvalue weighted by atomic mass is 32.2. The fourth-order valence-corrected chi connectivity index (χ4v) is 3.03. The van der Waals surface area contributed by atoms with Crippen molar-refractivity contribution in [2.45, 2.75) is 44.9 Å². The lowest BCUT2D eigenvalue weighted by Gasteiger charge is -2.20. The Labute approximate surface area is 126 Å². The minimum Gasteiger partial charge on any atom is -0.372 e. The molecule has 0 spiro atoms. The number of benzene rings is 1. The maximum absolute atomic E-state index is 12.3. The molecule has 0 aliphatic heterocycles. The van der Waals surface area contributed by atoms with Crippen molar-refractivity contribution in [3.63, 3.8) is 0 Å². The van der Waals surface area contributed by atoms with Gasteiger partial charge in [0.05, 0.1) is 4.90 Å². The molecule has 118 valence electrons. The summed E-state index contributed by atoms with van der Waals surface area (Å²) in [5.41, 5.74) is 1.32. The van der Waals surface area contributed by atoms with Crippen LogP contribution in [0.15, 0.2) is 23.1 Å². The first-order chi connectivity index (χ1) is 9.58. The lowest BCUT2D eigenvalue weighted by molar-refractivity contribution is -0.123. The number of ether oxygens (including phenoxy) is 1. The topological polar surface area (TPSA) is 72.5 Å². The molecule has 0 unspecified atom stereocenters. The molecule has 0 saturated heterocycles. The van der Waals surface area contributed by atoms with Crippen LogP contribution in [0.2, 0.25) is 0 Å². The molecular weight excluding hydrogens is 290 g/mol. The first kappa shape index (κ1) is 17.7. The summed E-state index contributed by atoms with van der Waals surface area (Å²) in [6.45, 7) is 9.53. The number of carbonyl (C=O) groups excluding carboxylic acids is 1. The Hall–Kier alpha value is -1.40. The molecule has 0 bridgehead atoms. The van der Waals surface area contributed by atoms with Crippen LogP contribution in [0.3, 0.4) is 0 Å². The third kappa shape index (κ3) is 4.82. The lowest BCUT2D eigenvalue weighted by Crippen LogP contribution is -2.34. The quantitative estimate of drug-likeness (QED) is 0.904. The number of carbonyl (C=O) groups is 1. The summed E-state index contributed by atoms with van der Waals surface area (Å²) in [5.74, 6) is -0.669. The second kappa shape index (κ2) is 6.58. The van der Waals surface area contributed by atoms with Crippen molar-refractivity contribution in [2.75, 3.05) is 13.2 Å². The van der Waals surface area contributed by atoms with Crippen molar-refractivity contribution >= 4 is 15.9 Å². The first-order valence-corrected chi connectivity index (χ1v) is 8.30. The third-order valence-electron chi connectivity index (χ3n) is 3.03. The minimum atomic E-state index is -3.88. The normalized spacial score (nSPS) is 12.2. The van der Waals surface area contributed by atoms with Gasteiger partial charge in [0.15, 0.2) is 0 Å². The van der Waals surface area contributed by atoms with E-state index in [2.05, 4.69) is 0 Å². The molecule has 0 fully saturated rings. The van der Waals surface area contributed by atoms with E-state index in [4.69, 9.17) is 4.74 Å². The molecular formula is C15H23NO4S. The maximum Gasteiger partial charge on any atom is 0.264 e. The number of nitrogens with one attached hydrogen (secondary N) is 1. The summed E-state index contributed by atoms with van der Waals surface area (Å²) in [7, 11) is -3.88. The Morgan fingerprint density at radius 2 is 1.90 bits per heavy atom. The molecule has 0 aromatic heterocycles. The Morgan fingerprint density at radius 1 is 1.29 bits per heavy atom. The number of sulfonamides is 1. The standard InChI is InChI=1S/C15H23NO4S/c1-6-20-10-14(17)16-21(18,19)13-9-12(15(3,4)5)8-7-11(13)2/h7-9H,6,10H2,1-5H3,(H,16,17). The van der Waals surface area contributed by atoms with Crippen molar-refractivity contribution in [1.82, 2.24) is 4.72 Å². The summed E-state index contributed by atoms with van der Waals surface area (Å²) in [4.78, 5) is 11.7. The molecule has 0 saturated carbocycles. The second-order valence-corrected chi connectivity index (χ2v) is 7.55.